The number of nitrogens with one attached hydrogen (secondary N) is 1. The number of carbonyl (C=O) groups excluding carboxylic acids is 1. The summed E-state index contributed by atoms with van der Waals surface area (Å²) in [6.07, 6.45) is 0.250. The molecular weight excluding hydrogens is 361 g/mol. The van der Waals surface area contributed by atoms with Crippen LogP contribution in [0, 0.1) is 0 Å². The van der Waals surface area contributed by atoms with E-state index in [-0.39, 0.29) is 39.9 Å². The third-order valence-corrected chi connectivity index (χ3v) is 6.34. The predicted molar refractivity (Wildman–Crippen MR) is 90.0 cm³/mol. The molecule has 1 fully saturated rings. The molecule has 1 saturated heterocycles. The van der Waals surface area contributed by atoms with Crippen molar-refractivity contribution in [2.75, 3.05) is 6.54 Å². The van der Waals surface area contributed by atoms with Gasteiger partial charge in [-0.3, -0.25) is 4.79 Å². The number of benzene rings is 1. The van der Waals surface area contributed by atoms with Crippen molar-refractivity contribution >= 4 is 39.1 Å². The minimum Gasteiger partial charge on any atom is -0.353 e. The molecular formula is C14H19Cl2N3O3S. The van der Waals surface area contributed by atoms with Crippen LogP contribution in [-0.2, 0) is 14.8 Å². The van der Waals surface area contributed by atoms with Gasteiger partial charge in [-0.05, 0) is 32.4 Å². The third-order valence-electron chi connectivity index (χ3n) is 3.51. The number of carbonyl (C=O) groups is 1. The molecule has 23 heavy (non-hydrogen) atoms. The van der Waals surface area contributed by atoms with E-state index in [1.54, 1.807) is 19.9 Å². The smallest absolute Gasteiger partial charge is 0.246 e. The molecule has 1 amide bonds. The van der Waals surface area contributed by atoms with E-state index in [2.05, 4.69) is 5.32 Å². The molecule has 0 spiro atoms. The van der Waals surface area contributed by atoms with Gasteiger partial charge in [-0.25, -0.2) is 8.42 Å². The highest BCUT2D eigenvalue weighted by atomic mass is 35.5. The quantitative estimate of drug-likeness (QED) is 0.830. The van der Waals surface area contributed by atoms with Crippen molar-refractivity contribution < 1.29 is 13.2 Å². The Kier molecular flexibility index (Phi) is 5.58. The second-order valence-corrected chi connectivity index (χ2v) is 8.44. The SMILES string of the molecule is CC(C)NC(=O)[C@@H]1C[C@H](N)CN1S(=O)(=O)c1c(Cl)cccc1Cl. The van der Waals surface area contributed by atoms with E-state index in [1.165, 1.54) is 12.1 Å². The molecule has 0 bridgehead atoms. The second kappa shape index (κ2) is 6.94. The van der Waals surface area contributed by atoms with Gasteiger partial charge in [0.15, 0.2) is 0 Å². The van der Waals surface area contributed by atoms with Gasteiger partial charge in [-0.1, -0.05) is 29.3 Å². The van der Waals surface area contributed by atoms with Crippen molar-refractivity contribution in [1.29, 1.82) is 0 Å². The molecule has 2 rings (SSSR count). The molecule has 1 aromatic rings. The Bertz CT molecular complexity index is 689. The van der Waals surface area contributed by atoms with Gasteiger partial charge in [-0.15, -0.1) is 0 Å². The van der Waals surface area contributed by atoms with Crippen molar-refractivity contribution in [1.82, 2.24) is 9.62 Å². The van der Waals surface area contributed by atoms with Crippen LogP contribution in [0.2, 0.25) is 10.0 Å². The molecule has 1 aliphatic rings. The maximum absolute atomic E-state index is 12.9. The zero-order valence-electron chi connectivity index (χ0n) is 12.8. The lowest BCUT2D eigenvalue weighted by molar-refractivity contribution is -0.124. The summed E-state index contributed by atoms with van der Waals surface area (Å²) in [4.78, 5) is 12.1. The van der Waals surface area contributed by atoms with E-state index in [0.29, 0.717) is 0 Å². The lowest BCUT2D eigenvalue weighted by Gasteiger charge is -2.25. The normalized spacial score (nSPS) is 22.5. The Labute approximate surface area is 146 Å². The van der Waals surface area contributed by atoms with E-state index in [4.69, 9.17) is 28.9 Å². The molecule has 0 aromatic heterocycles. The maximum atomic E-state index is 12.9. The Morgan fingerprint density at radius 1 is 1.35 bits per heavy atom. The monoisotopic (exact) mass is 379 g/mol. The van der Waals surface area contributed by atoms with Gasteiger partial charge in [0.1, 0.15) is 10.9 Å². The lowest BCUT2D eigenvalue weighted by atomic mass is 10.1. The van der Waals surface area contributed by atoms with E-state index in [1.807, 2.05) is 0 Å². The number of amides is 1. The van der Waals surface area contributed by atoms with Crippen molar-refractivity contribution in [2.24, 2.45) is 5.73 Å². The first kappa shape index (κ1) is 18.5. The molecule has 3 N–H and O–H groups in total. The van der Waals surface area contributed by atoms with Crippen LogP contribution in [0.15, 0.2) is 23.1 Å². The van der Waals surface area contributed by atoms with Gasteiger partial charge in [0, 0.05) is 18.6 Å². The highest BCUT2D eigenvalue weighted by Crippen LogP contribution is 2.34. The fourth-order valence-electron chi connectivity index (χ4n) is 2.57. The summed E-state index contributed by atoms with van der Waals surface area (Å²) in [6, 6.07) is 3.05. The fraction of sp³-hybridized carbons (Fsp3) is 0.500. The van der Waals surface area contributed by atoms with Crippen LogP contribution in [0.5, 0.6) is 0 Å². The largest absolute Gasteiger partial charge is 0.353 e. The summed E-state index contributed by atoms with van der Waals surface area (Å²) in [7, 11) is -4.03. The number of sulfonamides is 1. The topological polar surface area (TPSA) is 92.5 Å². The molecule has 0 aliphatic carbocycles. The minimum atomic E-state index is -4.03. The van der Waals surface area contributed by atoms with Gasteiger partial charge in [0.2, 0.25) is 15.9 Å². The van der Waals surface area contributed by atoms with Crippen LogP contribution in [0.25, 0.3) is 0 Å². The molecule has 1 aromatic carbocycles. The van der Waals surface area contributed by atoms with Crippen LogP contribution >= 0.6 is 23.2 Å². The molecule has 128 valence electrons. The molecule has 1 heterocycles. The zero-order chi connectivity index (χ0) is 17.4. The van der Waals surface area contributed by atoms with E-state index >= 15 is 0 Å². The lowest BCUT2D eigenvalue weighted by Crippen LogP contribution is -2.47. The number of halogens is 2. The number of nitrogens with zero attached hydrogens (tertiary/aromatic N) is 1. The predicted octanol–water partition coefficient (Wildman–Crippen LogP) is 1.61. The highest BCUT2D eigenvalue weighted by molar-refractivity contribution is 7.89. The standard InChI is InChI=1S/C14H19Cl2N3O3S/c1-8(2)18-14(20)12-6-9(17)7-19(12)23(21,22)13-10(15)4-3-5-11(13)16/h3-5,8-9,12H,6-7,17H2,1-2H3,(H,18,20)/t9-,12-/m0/s1. The van der Waals surface area contributed by atoms with Crippen LogP contribution < -0.4 is 11.1 Å². The molecule has 2 atom stereocenters. The summed E-state index contributed by atoms with van der Waals surface area (Å²) < 4.78 is 27.0. The average molecular weight is 380 g/mol. The van der Waals surface area contributed by atoms with Crippen LogP contribution in [0.4, 0.5) is 0 Å². The summed E-state index contributed by atoms with van der Waals surface area (Å²) in [5.41, 5.74) is 5.88. The van der Waals surface area contributed by atoms with Crippen LogP contribution in [-0.4, -0.2) is 43.3 Å². The Morgan fingerprint density at radius 2 is 1.91 bits per heavy atom. The van der Waals surface area contributed by atoms with Gasteiger partial charge < -0.3 is 11.1 Å². The Morgan fingerprint density at radius 3 is 2.43 bits per heavy atom. The fourth-order valence-corrected chi connectivity index (χ4v) is 5.32. The second-order valence-electron chi connectivity index (χ2n) is 5.80. The number of hydrogen-bond donors (Lipinski definition) is 2. The molecule has 0 radical (unpaired) electrons. The number of hydrogen-bond acceptors (Lipinski definition) is 4. The van der Waals surface area contributed by atoms with Crippen LogP contribution in [0.3, 0.4) is 0 Å². The van der Waals surface area contributed by atoms with Crippen LogP contribution in [0.1, 0.15) is 20.3 Å². The minimum absolute atomic E-state index is 0.0148. The first-order chi connectivity index (χ1) is 10.6. The van der Waals surface area contributed by atoms with Crippen molar-refractivity contribution in [3.63, 3.8) is 0 Å². The van der Waals surface area contributed by atoms with E-state index in [9.17, 15) is 13.2 Å². The van der Waals surface area contributed by atoms with Crippen molar-refractivity contribution in [2.45, 2.75) is 43.3 Å². The summed E-state index contributed by atoms with van der Waals surface area (Å²) in [6.45, 7) is 3.65. The van der Waals surface area contributed by atoms with Gasteiger partial charge in [0.25, 0.3) is 0 Å². The van der Waals surface area contributed by atoms with Crippen molar-refractivity contribution in [3.05, 3.63) is 28.2 Å². The molecule has 6 nitrogen and oxygen atoms in total. The number of rotatable bonds is 4. The summed E-state index contributed by atoms with van der Waals surface area (Å²) >= 11 is 12.0. The Hall–Kier alpha value is -0.860. The molecule has 9 heteroatoms. The first-order valence-corrected chi connectivity index (χ1v) is 9.36. The number of nitrogens with two attached hydrogens (primary N) is 1. The van der Waals surface area contributed by atoms with Gasteiger partial charge >= 0.3 is 0 Å². The zero-order valence-corrected chi connectivity index (χ0v) is 15.1. The molecule has 0 saturated carbocycles. The van der Waals surface area contributed by atoms with E-state index < -0.39 is 22.1 Å². The van der Waals surface area contributed by atoms with E-state index in [0.717, 1.165) is 4.31 Å². The van der Waals surface area contributed by atoms with Crippen molar-refractivity contribution in [3.8, 4) is 0 Å². The third kappa shape index (κ3) is 3.80. The maximum Gasteiger partial charge on any atom is 0.246 e. The highest BCUT2D eigenvalue weighted by Gasteiger charge is 2.44. The summed E-state index contributed by atoms with van der Waals surface area (Å²) in [5.74, 6) is -0.375. The molecule has 0 unspecified atom stereocenters. The Balaban J connectivity index is 2.43. The van der Waals surface area contributed by atoms with Gasteiger partial charge in [0.05, 0.1) is 10.0 Å². The first-order valence-electron chi connectivity index (χ1n) is 7.16. The van der Waals surface area contributed by atoms with Gasteiger partial charge in [-0.2, -0.15) is 4.31 Å². The summed E-state index contributed by atoms with van der Waals surface area (Å²) in [5, 5.41) is 2.75. The molecule has 1 aliphatic heterocycles. The average Bonchev–Trinajstić information content (AvgIpc) is 2.80.